The van der Waals surface area contributed by atoms with Crippen molar-refractivity contribution >= 4 is 17.3 Å². The zero-order valence-corrected chi connectivity index (χ0v) is 9.98. The fraction of sp³-hybridized carbons (Fsp3) is 0.364. The van der Waals surface area contributed by atoms with Crippen molar-refractivity contribution in [2.24, 2.45) is 5.73 Å². The number of carbonyl (C=O) groups excluding carboxylic acids is 1. The lowest BCUT2D eigenvalue weighted by Crippen LogP contribution is -2.45. The average Bonchev–Trinajstić information content (AvgIpc) is 2.15. The molecule has 6 nitrogen and oxygen atoms in total. The number of nitrogens with zero attached hydrogens (tertiary/aromatic N) is 1. The SMILES string of the molecule is Cc1ccc([N+](=O)[O-])c(NC(=O)C(C)(C)N)c1. The number of amides is 1. The van der Waals surface area contributed by atoms with Gasteiger partial charge in [-0.1, -0.05) is 6.07 Å². The number of benzene rings is 1. The fourth-order valence-electron chi connectivity index (χ4n) is 1.19. The van der Waals surface area contributed by atoms with E-state index in [4.69, 9.17) is 5.73 Å². The summed E-state index contributed by atoms with van der Waals surface area (Å²) in [5.74, 6) is -0.466. The number of nitro benzene ring substituents is 1. The lowest BCUT2D eigenvalue weighted by molar-refractivity contribution is -0.383. The summed E-state index contributed by atoms with van der Waals surface area (Å²) >= 11 is 0. The zero-order chi connectivity index (χ0) is 13.2. The Morgan fingerprint density at radius 1 is 1.47 bits per heavy atom. The molecule has 1 amide bonds. The molecule has 0 aromatic heterocycles. The van der Waals surface area contributed by atoms with Crippen molar-refractivity contribution in [3.8, 4) is 0 Å². The topological polar surface area (TPSA) is 98.3 Å². The number of hydrogen-bond donors (Lipinski definition) is 2. The third-order valence-corrected chi connectivity index (χ3v) is 2.18. The molecule has 17 heavy (non-hydrogen) atoms. The summed E-state index contributed by atoms with van der Waals surface area (Å²) in [4.78, 5) is 21.9. The number of anilines is 1. The van der Waals surface area contributed by atoms with E-state index in [1.165, 1.54) is 19.9 Å². The van der Waals surface area contributed by atoms with E-state index in [-0.39, 0.29) is 11.4 Å². The van der Waals surface area contributed by atoms with Crippen LogP contribution in [-0.4, -0.2) is 16.4 Å². The van der Waals surface area contributed by atoms with Crippen molar-refractivity contribution in [1.82, 2.24) is 0 Å². The second kappa shape index (κ2) is 4.50. The van der Waals surface area contributed by atoms with Crippen molar-refractivity contribution < 1.29 is 9.72 Å². The Kier molecular flexibility index (Phi) is 3.47. The first kappa shape index (κ1) is 13.1. The number of nitrogens with two attached hydrogens (primary N) is 1. The molecule has 0 spiro atoms. The fourth-order valence-corrected chi connectivity index (χ4v) is 1.19. The molecule has 0 aliphatic heterocycles. The molecule has 0 unspecified atom stereocenters. The molecule has 1 rings (SSSR count). The van der Waals surface area contributed by atoms with Gasteiger partial charge in [-0.2, -0.15) is 0 Å². The molecule has 0 radical (unpaired) electrons. The second-order valence-electron chi connectivity index (χ2n) is 4.45. The summed E-state index contributed by atoms with van der Waals surface area (Å²) in [5, 5.41) is 13.3. The number of hydrogen-bond acceptors (Lipinski definition) is 4. The highest BCUT2D eigenvalue weighted by Gasteiger charge is 2.24. The molecule has 92 valence electrons. The molecule has 0 heterocycles. The van der Waals surface area contributed by atoms with Crippen LogP contribution in [0.4, 0.5) is 11.4 Å². The third kappa shape index (κ3) is 3.25. The summed E-state index contributed by atoms with van der Waals surface area (Å²) < 4.78 is 0. The van der Waals surface area contributed by atoms with Gasteiger partial charge in [0.25, 0.3) is 5.69 Å². The minimum Gasteiger partial charge on any atom is -0.319 e. The molecule has 0 saturated heterocycles. The number of aryl methyl sites for hydroxylation is 1. The van der Waals surface area contributed by atoms with Gasteiger partial charge in [-0.05, 0) is 32.4 Å². The predicted octanol–water partition coefficient (Wildman–Crippen LogP) is 1.58. The lowest BCUT2D eigenvalue weighted by atomic mass is 10.1. The minimum atomic E-state index is -1.09. The van der Waals surface area contributed by atoms with Crippen LogP contribution in [0.1, 0.15) is 19.4 Å². The van der Waals surface area contributed by atoms with Gasteiger partial charge < -0.3 is 11.1 Å². The van der Waals surface area contributed by atoms with Crippen molar-refractivity contribution in [1.29, 1.82) is 0 Å². The monoisotopic (exact) mass is 237 g/mol. The van der Waals surface area contributed by atoms with Gasteiger partial charge in [0.1, 0.15) is 5.69 Å². The van der Waals surface area contributed by atoms with Crippen molar-refractivity contribution in [2.75, 3.05) is 5.32 Å². The molecule has 6 heteroatoms. The lowest BCUT2D eigenvalue weighted by Gasteiger charge is -2.17. The highest BCUT2D eigenvalue weighted by Crippen LogP contribution is 2.25. The van der Waals surface area contributed by atoms with Crippen LogP contribution in [0.25, 0.3) is 0 Å². The molecule has 0 aliphatic rings. The molecule has 1 aromatic rings. The number of nitro groups is 1. The Hall–Kier alpha value is -1.95. The first-order valence-electron chi connectivity index (χ1n) is 5.07. The second-order valence-corrected chi connectivity index (χ2v) is 4.45. The van der Waals surface area contributed by atoms with Crippen molar-refractivity contribution in [3.05, 3.63) is 33.9 Å². The molecule has 1 aromatic carbocycles. The number of rotatable bonds is 3. The van der Waals surface area contributed by atoms with Crippen LogP contribution in [0, 0.1) is 17.0 Å². The highest BCUT2D eigenvalue weighted by molar-refractivity contribution is 5.99. The third-order valence-electron chi connectivity index (χ3n) is 2.18. The summed E-state index contributed by atoms with van der Waals surface area (Å²) in [7, 11) is 0. The standard InChI is InChI=1S/C11H15N3O3/c1-7-4-5-9(14(16)17)8(6-7)13-10(15)11(2,3)12/h4-6H,12H2,1-3H3,(H,13,15). The van der Waals surface area contributed by atoms with Crippen molar-refractivity contribution in [3.63, 3.8) is 0 Å². The average molecular weight is 237 g/mol. The van der Waals surface area contributed by atoms with E-state index in [1.54, 1.807) is 19.1 Å². The van der Waals surface area contributed by atoms with Gasteiger partial charge in [-0.3, -0.25) is 14.9 Å². The predicted molar refractivity (Wildman–Crippen MR) is 64.7 cm³/mol. The summed E-state index contributed by atoms with van der Waals surface area (Å²) in [6.07, 6.45) is 0. The number of nitrogens with one attached hydrogen (secondary N) is 1. The van der Waals surface area contributed by atoms with Gasteiger partial charge in [0, 0.05) is 6.07 Å². The number of carbonyl (C=O) groups is 1. The van der Waals surface area contributed by atoms with E-state index in [0.29, 0.717) is 0 Å². The van der Waals surface area contributed by atoms with Gasteiger partial charge >= 0.3 is 0 Å². The first-order chi connectivity index (χ1) is 7.71. The Balaban J connectivity index is 3.09. The van der Waals surface area contributed by atoms with Crippen LogP contribution in [0.2, 0.25) is 0 Å². The smallest absolute Gasteiger partial charge is 0.292 e. The largest absolute Gasteiger partial charge is 0.319 e. The molecular formula is C11H15N3O3. The van der Waals surface area contributed by atoms with Crippen LogP contribution in [0.3, 0.4) is 0 Å². The molecule has 0 saturated carbocycles. The Morgan fingerprint density at radius 2 is 2.06 bits per heavy atom. The van der Waals surface area contributed by atoms with E-state index in [1.807, 2.05) is 0 Å². The summed E-state index contributed by atoms with van der Waals surface area (Å²) in [6.45, 7) is 4.85. The van der Waals surface area contributed by atoms with E-state index < -0.39 is 16.4 Å². The van der Waals surface area contributed by atoms with Gasteiger partial charge in [0.05, 0.1) is 10.5 Å². The van der Waals surface area contributed by atoms with Crippen LogP contribution in [0.15, 0.2) is 18.2 Å². The molecule has 0 bridgehead atoms. The van der Waals surface area contributed by atoms with Gasteiger partial charge in [-0.15, -0.1) is 0 Å². The van der Waals surface area contributed by atoms with Gasteiger partial charge in [-0.25, -0.2) is 0 Å². The van der Waals surface area contributed by atoms with Crippen LogP contribution in [0.5, 0.6) is 0 Å². The summed E-state index contributed by atoms with van der Waals surface area (Å²) in [5.41, 5.74) is 5.36. The zero-order valence-electron chi connectivity index (χ0n) is 9.98. The van der Waals surface area contributed by atoms with Crippen LogP contribution < -0.4 is 11.1 Å². The normalized spacial score (nSPS) is 11.1. The van der Waals surface area contributed by atoms with Crippen LogP contribution >= 0.6 is 0 Å². The van der Waals surface area contributed by atoms with E-state index >= 15 is 0 Å². The molecule has 0 aliphatic carbocycles. The molecule has 0 atom stereocenters. The Bertz CT molecular complexity index is 464. The summed E-state index contributed by atoms with van der Waals surface area (Å²) in [6, 6.07) is 4.51. The minimum absolute atomic E-state index is 0.145. The van der Waals surface area contributed by atoms with E-state index in [2.05, 4.69) is 5.32 Å². The Labute approximate surface area is 99.0 Å². The van der Waals surface area contributed by atoms with Gasteiger partial charge in [0.15, 0.2) is 0 Å². The van der Waals surface area contributed by atoms with Crippen molar-refractivity contribution in [2.45, 2.75) is 26.3 Å². The molecule has 3 N–H and O–H groups in total. The molecule has 0 fully saturated rings. The maximum atomic E-state index is 11.7. The van der Waals surface area contributed by atoms with Crippen LogP contribution in [-0.2, 0) is 4.79 Å². The van der Waals surface area contributed by atoms with E-state index in [9.17, 15) is 14.9 Å². The highest BCUT2D eigenvalue weighted by atomic mass is 16.6. The van der Waals surface area contributed by atoms with E-state index in [0.717, 1.165) is 5.56 Å². The van der Waals surface area contributed by atoms with Gasteiger partial charge in [0.2, 0.25) is 5.91 Å². The maximum absolute atomic E-state index is 11.7. The Morgan fingerprint density at radius 3 is 2.53 bits per heavy atom. The maximum Gasteiger partial charge on any atom is 0.292 e. The first-order valence-corrected chi connectivity index (χ1v) is 5.07. The quantitative estimate of drug-likeness (QED) is 0.615. The molecular weight excluding hydrogens is 222 g/mol.